The highest BCUT2D eigenvalue weighted by atomic mass is 16.5. The molecule has 0 aliphatic carbocycles. The first-order valence-electron chi connectivity index (χ1n) is 8.80. The normalized spacial score (nSPS) is 21.2. The van der Waals surface area contributed by atoms with E-state index < -0.39 is 0 Å². The summed E-state index contributed by atoms with van der Waals surface area (Å²) in [5, 5.41) is 16.3. The molecular weight excluding hydrogens is 308 g/mol. The van der Waals surface area contributed by atoms with Crippen LogP contribution in [0.5, 0.6) is 0 Å². The molecule has 0 saturated carbocycles. The Morgan fingerprint density at radius 3 is 2.79 bits per heavy atom. The Morgan fingerprint density at radius 1 is 1.46 bits per heavy atom. The molecule has 7 heteroatoms. The van der Waals surface area contributed by atoms with Crippen LogP contribution in [0.2, 0.25) is 0 Å². The monoisotopic (exact) mass is 338 g/mol. The number of rotatable bonds is 7. The van der Waals surface area contributed by atoms with E-state index in [1.54, 1.807) is 6.07 Å². The first kappa shape index (κ1) is 18.9. The zero-order valence-corrected chi connectivity index (χ0v) is 15.2. The summed E-state index contributed by atoms with van der Waals surface area (Å²) in [6.45, 7) is 11.6. The molecule has 0 radical (unpaired) electrons. The van der Waals surface area contributed by atoms with Gasteiger partial charge in [-0.15, -0.1) is 0 Å². The van der Waals surface area contributed by atoms with Gasteiger partial charge in [0, 0.05) is 38.3 Å². The average molecular weight is 338 g/mol. The second-order valence-corrected chi connectivity index (χ2v) is 6.96. The number of anilines is 1. The molecule has 1 saturated heterocycles. The molecular formula is C17H30N4O3. The number of hydrogen-bond acceptors (Lipinski definition) is 6. The maximum atomic E-state index is 12.2. The Kier molecular flexibility index (Phi) is 6.77. The number of nitrogens with zero attached hydrogens (tertiary/aromatic N) is 3. The van der Waals surface area contributed by atoms with Gasteiger partial charge < -0.3 is 9.63 Å². The fourth-order valence-corrected chi connectivity index (χ4v) is 3.07. The molecule has 24 heavy (non-hydrogen) atoms. The van der Waals surface area contributed by atoms with Gasteiger partial charge >= 0.3 is 0 Å². The van der Waals surface area contributed by atoms with Crippen LogP contribution in [0.3, 0.4) is 0 Å². The van der Waals surface area contributed by atoms with Crippen LogP contribution in [0.25, 0.3) is 0 Å². The first-order chi connectivity index (χ1) is 11.4. The van der Waals surface area contributed by atoms with E-state index in [1.807, 2.05) is 20.8 Å². The van der Waals surface area contributed by atoms with E-state index in [1.165, 1.54) is 0 Å². The van der Waals surface area contributed by atoms with E-state index in [4.69, 9.17) is 4.52 Å². The molecule has 1 aliphatic heterocycles. The first-order valence-corrected chi connectivity index (χ1v) is 8.80. The third kappa shape index (κ3) is 5.29. The van der Waals surface area contributed by atoms with Gasteiger partial charge in [0.15, 0.2) is 0 Å². The van der Waals surface area contributed by atoms with Gasteiger partial charge in [-0.2, -0.15) is 0 Å². The summed E-state index contributed by atoms with van der Waals surface area (Å²) in [6, 6.07) is 2.15. The number of aromatic nitrogens is 1. The molecule has 2 rings (SSSR count). The van der Waals surface area contributed by atoms with Crippen molar-refractivity contribution in [3.05, 3.63) is 11.8 Å². The zero-order valence-electron chi connectivity index (χ0n) is 15.2. The second kappa shape index (κ2) is 8.60. The highest BCUT2D eigenvalue weighted by Crippen LogP contribution is 2.18. The number of aliphatic hydroxyl groups is 1. The summed E-state index contributed by atoms with van der Waals surface area (Å²) >= 11 is 0. The van der Waals surface area contributed by atoms with Gasteiger partial charge in [-0.25, -0.2) is 0 Å². The highest BCUT2D eigenvalue weighted by molar-refractivity contribution is 5.91. The molecule has 0 aromatic carbocycles. The second-order valence-electron chi connectivity index (χ2n) is 6.96. The molecule has 2 heterocycles. The number of carbonyl (C=O) groups is 1. The van der Waals surface area contributed by atoms with E-state index in [9.17, 15) is 9.90 Å². The fraction of sp³-hybridized carbons (Fsp3) is 0.765. The molecule has 0 bridgehead atoms. The minimum atomic E-state index is -0.324. The summed E-state index contributed by atoms with van der Waals surface area (Å²) in [5.74, 6) is 0.593. The smallest absolute Gasteiger partial charge is 0.240 e. The summed E-state index contributed by atoms with van der Waals surface area (Å²) < 4.78 is 5.15. The lowest BCUT2D eigenvalue weighted by molar-refractivity contribution is -0.118. The predicted molar refractivity (Wildman–Crippen MR) is 93.0 cm³/mol. The van der Waals surface area contributed by atoms with Gasteiger partial charge in [0.2, 0.25) is 11.8 Å². The lowest BCUT2D eigenvalue weighted by Crippen LogP contribution is -2.55. The van der Waals surface area contributed by atoms with Crippen LogP contribution in [0.15, 0.2) is 10.6 Å². The Balaban J connectivity index is 1.83. The molecule has 1 fully saturated rings. The van der Waals surface area contributed by atoms with Crippen LogP contribution in [0.4, 0.5) is 5.88 Å². The third-order valence-electron chi connectivity index (χ3n) is 4.41. The number of aliphatic hydroxyl groups excluding tert-OH is 1. The van der Waals surface area contributed by atoms with Crippen LogP contribution in [-0.2, 0) is 4.79 Å². The topological polar surface area (TPSA) is 81.8 Å². The Morgan fingerprint density at radius 2 is 2.21 bits per heavy atom. The van der Waals surface area contributed by atoms with Gasteiger partial charge in [-0.1, -0.05) is 25.9 Å². The Hall–Kier alpha value is -1.44. The number of hydrogen-bond donors (Lipinski definition) is 2. The predicted octanol–water partition coefficient (Wildman–Crippen LogP) is 1.51. The van der Waals surface area contributed by atoms with Crippen molar-refractivity contribution in [3.8, 4) is 0 Å². The molecule has 1 aromatic heterocycles. The van der Waals surface area contributed by atoms with Crippen molar-refractivity contribution >= 4 is 11.8 Å². The molecule has 7 nitrogen and oxygen atoms in total. The van der Waals surface area contributed by atoms with Gasteiger partial charge in [0.25, 0.3) is 0 Å². The van der Waals surface area contributed by atoms with E-state index >= 15 is 0 Å². The minimum absolute atomic E-state index is 0.0831. The highest BCUT2D eigenvalue weighted by Gasteiger charge is 2.27. The van der Waals surface area contributed by atoms with Gasteiger partial charge in [0.1, 0.15) is 0 Å². The third-order valence-corrected chi connectivity index (χ3v) is 4.41. The van der Waals surface area contributed by atoms with Crippen LogP contribution in [-0.4, -0.2) is 70.8 Å². The molecule has 0 spiro atoms. The van der Waals surface area contributed by atoms with Crippen LogP contribution < -0.4 is 5.32 Å². The fourth-order valence-electron chi connectivity index (χ4n) is 3.07. The number of β-amino-alcohol motifs (C(OH)–C–C–N with tert-alkyl or cyclic N) is 1. The van der Waals surface area contributed by atoms with E-state index in [-0.39, 0.29) is 17.9 Å². The van der Waals surface area contributed by atoms with Crippen LogP contribution in [0, 0.1) is 0 Å². The van der Waals surface area contributed by atoms with Crippen molar-refractivity contribution in [1.82, 2.24) is 15.0 Å². The lowest BCUT2D eigenvalue weighted by Gasteiger charge is -2.41. The van der Waals surface area contributed by atoms with E-state index in [0.29, 0.717) is 25.0 Å². The maximum absolute atomic E-state index is 12.2. The number of nitrogens with one attached hydrogen (secondary N) is 1. The number of carbonyl (C=O) groups excluding carboxylic acids is 1. The van der Waals surface area contributed by atoms with Gasteiger partial charge in [-0.3, -0.25) is 19.9 Å². The van der Waals surface area contributed by atoms with Crippen LogP contribution in [0.1, 0.15) is 45.7 Å². The summed E-state index contributed by atoms with van der Waals surface area (Å²) in [6.07, 6.45) is 0.681. The molecule has 2 atom stereocenters. The standard InChI is InChI=1S/C17H30N4O3/c1-5-14-10-20(6-7-21(14)9-13(4)22)11-16(23)18-17-8-15(12(2)3)19-24-17/h8,12-14,22H,5-7,9-11H2,1-4H3,(H,18,23)/t13-,14-/m0/s1. The zero-order chi connectivity index (χ0) is 17.7. The summed E-state index contributed by atoms with van der Waals surface area (Å²) in [7, 11) is 0. The number of amides is 1. The quantitative estimate of drug-likeness (QED) is 0.784. The Bertz CT molecular complexity index is 530. The maximum Gasteiger partial charge on any atom is 0.240 e. The van der Waals surface area contributed by atoms with Crippen molar-refractivity contribution in [3.63, 3.8) is 0 Å². The minimum Gasteiger partial charge on any atom is -0.392 e. The van der Waals surface area contributed by atoms with Gasteiger partial charge in [0.05, 0.1) is 18.3 Å². The van der Waals surface area contributed by atoms with Crippen molar-refractivity contribution < 1.29 is 14.4 Å². The van der Waals surface area contributed by atoms with Crippen molar-refractivity contribution in [2.24, 2.45) is 0 Å². The van der Waals surface area contributed by atoms with Gasteiger partial charge in [-0.05, 0) is 19.3 Å². The summed E-state index contributed by atoms with van der Waals surface area (Å²) in [5.41, 5.74) is 0.836. The van der Waals surface area contributed by atoms with Crippen molar-refractivity contribution in [2.45, 2.75) is 52.2 Å². The molecule has 2 N–H and O–H groups in total. The van der Waals surface area contributed by atoms with E-state index in [2.05, 4.69) is 27.2 Å². The largest absolute Gasteiger partial charge is 0.392 e. The molecule has 0 unspecified atom stereocenters. The van der Waals surface area contributed by atoms with Crippen molar-refractivity contribution in [1.29, 1.82) is 0 Å². The SMILES string of the molecule is CC[C@H]1CN(CC(=O)Nc2cc(C(C)C)no2)CCN1C[C@H](C)O. The average Bonchev–Trinajstić information content (AvgIpc) is 2.96. The van der Waals surface area contributed by atoms with Crippen molar-refractivity contribution in [2.75, 3.05) is 38.0 Å². The van der Waals surface area contributed by atoms with Crippen LogP contribution >= 0.6 is 0 Å². The summed E-state index contributed by atoms with van der Waals surface area (Å²) in [4.78, 5) is 16.7. The Labute approximate surface area is 144 Å². The molecule has 1 amide bonds. The molecule has 1 aromatic rings. The lowest BCUT2D eigenvalue weighted by atomic mass is 10.1. The number of piperazine rings is 1. The van der Waals surface area contributed by atoms with E-state index in [0.717, 1.165) is 31.7 Å². The molecule has 136 valence electrons. The molecule has 1 aliphatic rings.